The molecule has 0 bridgehead atoms. The molecule has 1 aromatic rings. The Morgan fingerprint density at radius 2 is 1.32 bits per heavy atom. The summed E-state index contributed by atoms with van der Waals surface area (Å²) in [6.45, 7) is 43.5. The molecule has 0 unspecified atom stereocenters. The van der Waals surface area contributed by atoms with Gasteiger partial charge in [0.15, 0.2) is 25.0 Å². The van der Waals surface area contributed by atoms with Crippen molar-refractivity contribution in [2.75, 3.05) is 26.9 Å². The fraction of sp³-hybridized carbons (Fsp3) is 0.775. The highest BCUT2D eigenvalue weighted by atomic mass is 28.4. The molecule has 0 amide bonds. The maximum atomic E-state index is 15.0. The molecule has 0 N–H and O–H groups in total. The highest BCUT2D eigenvalue weighted by Gasteiger charge is 2.64. The summed E-state index contributed by atoms with van der Waals surface area (Å²) in [5, 5.41) is -0.0666. The summed E-state index contributed by atoms with van der Waals surface area (Å²) in [7, 11) is -5.06. The number of carbonyl (C=O) groups is 1. The molecule has 1 aliphatic rings. The average molecular weight is 751 g/mol. The van der Waals surface area contributed by atoms with Gasteiger partial charge in [0.05, 0.1) is 44.4 Å². The number of epoxide rings is 1. The molecular weight excluding hydrogens is 677 g/mol. The Morgan fingerprint density at radius 1 is 0.840 bits per heavy atom. The van der Waals surface area contributed by atoms with Crippen molar-refractivity contribution in [1.29, 1.82) is 0 Å². The molecule has 0 saturated carbocycles. The van der Waals surface area contributed by atoms with Gasteiger partial charge in [-0.2, -0.15) is 0 Å². The van der Waals surface area contributed by atoms with Gasteiger partial charge in [-0.25, -0.2) is 0 Å². The number of Topliss-reactive ketones (excluding diaryl/α,β-unsaturated/α-hetero) is 1. The first-order valence-electron chi connectivity index (χ1n) is 18.5. The molecule has 50 heavy (non-hydrogen) atoms. The third-order valence-electron chi connectivity index (χ3n) is 12.2. The van der Waals surface area contributed by atoms with Crippen molar-refractivity contribution in [3.63, 3.8) is 0 Å². The molecule has 1 fully saturated rings. The average Bonchev–Trinajstić information content (AvgIpc) is 3.67. The number of ketones is 1. The Morgan fingerprint density at radius 3 is 1.76 bits per heavy atom. The summed E-state index contributed by atoms with van der Waals surface area (Å²) >= 11 is 0. The molecule has 0 spiro atoms. The molecule has 1 aromatic carbocycles. The van der Waals surface area contributed by atoms with Crippen molar-refractivity contribution in [3.8, 4) is 5.75 Å². The number of methoxy groups -OCH3 is 1. The number of hydrogen-bond acceptors (Lipinski definition) is 7. The van der Waals surface area contributed by atoms with Crippen LogP contribution in [0.3, 0.4) is 0 Å². The number of carbonyl (C=O) groups excluding carboxylic acids is 1. The van der Waals surface area contributed by atoms with Crippen LogP contribution in [0.25, 0.3) is 0 Å². The predicted molar refractivity (Wildman–Crippen MR) is 216 cm³/mol. The van der Waals surface area contributed by atoms with E-state index in [-0.39, 0.29) is 39.5 Å². The minimum atomic E-state index is -2.39. The summed E-state index contributed by atoms with van der Waals surface area (Å²) in [6.07, 6.45) is 1.12. The lowest BCUT2D eigenvalue weighted by atomic mass is 9.81. The lowest BCUT2D eigenvalue weighted by molar-refractivity contribution is -0.132. The summed E-state index contributed by atoms with van der Waals surface area (Å²) in [4.78, 5) is 15.0. The first kappa shape index (κ1) is 45.0. The van der Waals surface area contributed by atoms with Crippen molar-refractivity contribution in [1.82, 2.24) is 0 Å². The van der Waals surface area contributed by atoms with Crippen LogP contribution in [0, 0.1) is 17.8 Å². The monoisotopic (exact) mass is 750 g/mol. The minimum absolute atomic E-state index is 0.0160. The van der Waals surface area contributed by atoms with Crippen LogP contribution in [0.1, 0.15) is 81.7 Å². The zero-order valence-corrected chi connectivity index (χ0v) is 38.2. The van der Waals surface area contributed by atoms with Gasteiger partial charge in [-0.1, -0.05) is 87.4 Å². The van der Waals surface area contributed by atoms with Gasteiger partial charge in [0.2, 0.25) is 0 Å². The second kappa shape index (κ2) is 16.5. The summed E-state index contributed by atoms with van der Waals surface area (Å²) in [6, 6.07) is 7.94. The number of ether oxygens (including phenoxy) is 3. The fourth-order valence-corrected chi connectivity index (χ4v) is 8.75. The summed E-state index contributed by atoms with van der Waals surface area (Å²) < 4.78 is 39.1. The second-order valence-electron chi connectivity index (χ2n) is 19.4. The topological polar surface area (TPSA) is 75.8 Å². The molecule has 6 atom stereocenters. The molecule has 288 valence electrons. The molecule has 7 nitrogen and oxygen atoms in total. The number of rotatable bonds is 19. The summed E-state index contributed by atoms with van der Waals surface area (Å²) in [5.74, 6) is -0.0951. The van der Waals surface area contributed by atoms with E-state index in [1.54, 1.807) is 13.2 Å². The van der Waals surface area contributed by atoms with E-state index in [0.29, 0.717) is 19.8 Å². The Labute approximate surface area is 309 Å². The SMILES string of the molecule is C=C[C@@H](CO[Si](C)(C)C(C)(C)C)C(=O)[C@H](CO[Si](C)(C)C(C)(C)C)[C@H](O[Si](C)(C)C(C)(C)C)[C@]1(C)O[C@@H]1[C@@H](C)COCc1ccc(OC)cc1. The van der Waals surface area contributed by atoms with Crippen LogP contribution in [0.5, 0.6) is 5.75 Å². The Balaban J connectivity index is 2.50. The van der Waals surface area contributed by atoms with E-state index in [9.17, 15) is 4.79 Å². The van der Waals surface area contributed by atoms with Crippen molar-refractivity contribution >= 4 is 30.7 Å². The molecule has 0 aliphatic carbocycles. The number of benzene rings is 1. The quantitative estimate of drug-likeness (QED) is 0.0792. The predicted octanol–water partition coefficient (Wildman–Crippen LogP) is 10.4. The molecular formula is C40H74O7Si3. The lowest BCUT2D eigenvalue weighted by Crippen LogP contribution is -2.55. The van der Waals surface area contributed by atoms with Crippen LogP contribution in [0.4, 0.5) is 0 Å². The smallest absolute Gasteiger partial charge is 0.192 e. The van der Waals surface area contributed by atoms with Gasteiger partial charge in [-0.15, -0.1) is 6.58 Å². The van der Waals surface area contributed by atoms with Gasteiger partial charge in [0.1, 0.15) is 17.1 Å². The molecule has 2 rings (SSSR count). The lowest BCUT2D eigenvalue weighted by Gasteiger charge is -2.44. The van der Waals surface area contributed by atoms with Crippen molar-refractivity contribution in [2.24, 2.45) is 17.8 Å². The maximum absolute atomic E-state index is 15.0. The highest BCUT2D eigenvalue weighted by molar-refractivity contribution is 6.75. The number of hydrogen-bond donors (Lipinski definition) is 0. The third-order valence-corrected chi connectivity index (χ3v) is 25.7. The second-order valence-corrected chi connectivity index (χ2v) is 33.7. The van der Waals surface area contributed by atoms with Crippen LogP contribution in [0.2, 0.25) is 54.4 Å². The van der Waals surface area contributed by atoms with Crippen LogP contribution < -0.4 is 4.74 Å². The molecule has 0 radical (unpaired) electrons. The van der Waals surface area contributed by atoms with E-state index in [4.69, 9.17) is 27.5 Å². The molecule has 1 saturated heterocycles. The van der Waals surface area contributed by atoms with Gasteiger partial charge in [-0.3, -0.25) is 4.79 Å². The standard InChI is InChI=1S/C40H74O7Si3/c1-20-31(27-44-48(14,15)37(3,4)5)34(41)33(28-45-49(16,17)38(6,7)8)36(47-50(18,19)39(9,10)11)40(12)35(46-40)29(2)25-43-26-30-21-23-32(42-13)24-22-30/h20-24,29,31,33,35-36H,1,25-28H2,2-19H3/t29-,31-,33-,35+,36-,40+/m0/s1. The van der Waals surface area contributed by atoms with Gasteiger partial charge in [-0.05, 0) is 79.0 Å². The molecule has 1 aliphatic heterocycles. The zero-order valence-electron chi connectivity index (χ0n) is 35.2. The van der Waals surface area contributed by atoms with E-state index >= 15 is 0 Å². The first-order valence-corrected chi connectivity index (χ1v) is 27.3. The first-order chi connectivity index (χ1) is 22.5. The van der Waals surface area contributed by atoms with Gasteiger partial charge in [0, 0.05) is 19.1 Å². The Bertz CT molecular complexity index is 1260. The third kappa shape index (κ3) is 11.2. The normalized spacial score (nSPS) is 21.7. The van der Waals surface area contributed by atoms with E-state index in [0.717, 1.165) is 11.3 Å². The van der Waals surface area contributed by atoms with Gasteiger partial charge < -0.3 is 27.5 Å². The van der Waals surface area contributed by atoms with Gasteiger partial charge in [0.25, 0.3) is 0 Å². The van der Waals surface area contributed by atoms with Crippen LogP contribution >= 0.6 is 0 Å². The van der Waals surface area contributed by atoms with E-state index in [1.165, 1.54) is 0 Å². The fourth-order valence-electron chi connectivity index (χ4n) is 5.30. The van der Waals surface area contributed by atoms with Crippen LogP contribution in [0.15, 0.2) is 36.9 Å². The molecule has 1 heterocycles. The van der Waals surface area contributed by atoms with Crippen LogP contribution in [-0.2, 0) is 34.2 Å². The Hall–Kier alpha value is -1.12. The maximum Gasteiger partial charge on any atom is 0.192 e. The van der Waals surface area contributed by atoms with E-state index in [2.05, 4.69) is 122 Å². The molecule has 0 aromatic heterocycles. The van der Waals surface area contributed by atoms with Crippen molar-refractivity contribution in [3.05, 3.63) is 42.5 Å². The Kier molecular flexibility index (Phi) is 14.9. The van der Waals surface area contributed by atoms with E-state index < -0.39 is 48.5 Å². The molecule has 10 heteroatoms. The largest absolute Gasteiger partial charge is 0.497 e. The van der Waals surface area contributed by atoms with Crippen molar-refractivity contribution in [2.45, 2.75) is 155 Å². The zero-order chi connectivity index (χ0) is 38.7. The van der Waals surface area contributed by atoms with Crippen LogP contribution in [-0.4, -0.2) is 75.5 Å². The van der Waals surface area contributed by atoms with Crippen molar-refractivity contribution < 1.29 is 32.3 Å². The highest BCUT2D eigenvalue weighted by Crippen LogP contribution is 2.51. The summed E-state index contributed by atoms with van der Waals surface area (Å²) in [5.41, 5.74) is 0.391. The van der Waals surface area contributed by atoms with Gasteiger partial charge >= 0.3 is 0 Å². The van der Waals surface area contributed by atoms with E-state index in [1.807, 2.05) is 24.3 Å². The minimum Gasteiger partial charge on any atom is -0.497 e.